The van der Waals surface area contributed by atoms with Crippen LogP contribution < -0.4 is 4.74 Å². The summed E-state index contributed by atoms with van der Waals surface area (Å²) in [5.74, 6) is 2.58. The Bertz CT molecular complexity index is 500. The van der Waals surface area contributed by atoms with E-state index < -0.39 is 0 Å². The highest BCUT2D eigenvalue weighted by Crippen LogP contribution is 2.46. The van der Waals surface area contributed by atoms with Crippen molar-refractivity contribution < 1.29 is 9.53 Å². The van der Waals surface area contributed by atoms with Crippen molar-refractivity contribution in [3.63, 3.8) is 0 Å². The molecule has 2 fully saturated rings. The smallest absolute Gasteiger partial charge is 0.222 e. The molecule has 0 aliphatic carbocycles. The molecule has 2 aliphatic rings. The van der Waals surface area contributed by atoms with E-state index in [-0.39, 0.29) is 10.9 Å². The van der Waals surface area contributed by atoms with Gasteiger partial charge in [0.05, 0.1) is 10.9 Å². The van der Waals surface area contributed by atoms with E-state index in [0.29, 0.717) is 18.2 Å². The highest BCUT2D eigenvalue weighted by Gasteiger charge is 2.51. The summed E-state index contributed by atoms with van der Waals surface area (Å²) in [4.78, 5) is 18.1. The number of carbonyl (C=O) groups excluding carboxylic acids is 1. The summed E-state index contributed by atoms with van der Waals surface area (Å²) in [5, 5.41) is 0. The predicted octanol–water partition coefficient (Wildman–Crippen LogP) is 2.59. The standard InChI is InChI=1S/C16H22N2O2S/c1-12(2)6-15(19)18-10-16(11-18)7-14(9-21-16)20-13-4-3-5-17-8-13/h3-5,8,12,14H,6-7,9-11H2,1-2H3/t14-/m0/s1. The van der Waals surface area contributed by atoms with Crippen molar-refractivity contribution in [1.29, 1.82) is 0 Å². The third kappa shape index (κ3) is 3.34. The molecule has 2 saturated heterocycles. The van der Waals surface area contributed by atoms with Gasteiger partial charge in [-0.15, -0.1) is 11.8 Å². The Morgan fingerprint density at radius 1 is 1.57 bits per heavy atom. The van der Waals surface area contributed by atoms with E-state index >= 15 is 0 Å². The Labute approximate surface area is 130 Å². The second-order valence-corrected chi connectivity index (χ2v) is 7.96. The van der Waals surface area contributed by atoms with Crippen molar-refractivity contribution in [3.05, 3.63) is 24.5 Å². The second-order valence-electron chi connectivity index (χ2n) is 6.47. The molecule has 0 aromatic carbocycles. The average molecular weight is 306 g/mol. The van der Waals surface area contributed by atoms with Gasteiger partial charge in [0.2, 0.25) is 5.91 Å². The molecule has 1 amide bonds. The number of likely N-dealkylation sites (tertiary alicyclic amines) is 1. The fourth-order valence-corrected chi connectivity index (χ4v) is 4.54. The Balaban J connectivity index is 1.49. The largest absolute Gasteiger partial charge is 0.488 e. The number of hydrogen-bond donors (Lipinski definition) is 0. The van der Waals surface area contributed by atoms with Crippen LogP contribution in [0.1, 0.15) is 26.7 Å². The molecular weight excluding hydrogens is 284 g/mol. The monoisotopic (exact) mass is 306 g/mol. The molecule has 114 valence electrons. The molecule has 0 radical (unpaired) electrons. The van der Waals surface area contributed by atoms with Crippen LogP contribution in [0.3, 0.4) is 0 Å². The topological polar surface area (TPSA) is 42.4 Å². The number of ether oxygens (including phenoxy) is 1. The van der Waals surface area contributed by atoms with Crippen LogP contribution in [0.4, 0.5) is 0 Å². The number of pyridine rings is 1. The first-order valence-corrected chi connectivity index (χ1v) is 8.53. The van der Waals surface area contributed by atoms with Crippen LogP contribution >= 0.6 is 11.8 Å². The summed E-state index contributed by atoms with van der Waals surface area (Å²) in [7, 11) is 0. The highest BCUT2D eigenvalue weighted by molar-refractivity contribution is 8.01. The van der Waals surface area contributed by atoms with Crippen LogP contribution in [0.5, 0.6) is 5.75 Å². The number of nitrogens with zero attached hydrogens (tertiary/aromatic N) is 2. The Morgan fingerprint density at radius 2 is 2.38 bits per heavy atom. The molecule has 0 bridgehead atoms. The number of rotatable bonds is 4. The summed E-state index contributed by atoms with van der Waals surface area (Å²) < 4.78 is 6.22. The van der Waals surface area contributed by atoms with Gasteiger partial charge in [-0.25, -0.2) is 0 Å². The lowest BCUT2D eigenvalue weighted by molar-refractivity contribution is -0.137. The molecule has 21 heavy (non-hydrogen) atoms. The predicted molar refractivity (Wildman–Crippen MR) is 84.5 cm³/mol. The first-order chi connectivity index (χ1) is 10.1. The van der Waals surface area contributed by atoms with Gasteiger partial charge in [-0.2, -0.15) is 0 Å². The van der Waals surface area contributed by atoms with Crippen molar-refractivity contribution in [2.24, 2.45) is 5.92 Å². The molecule has 1 atom stereocenters. The molecule has 1 aromatic rings. The fraction of sp³-hybridized carbons (Fsp3) is 0.625. The zero-order chi connectivity index (χ0) is 14.9. The van der Waals surface area contributed by atoms with E-state index in [1.165, 1.54) is 0 Å². The maximum Gasteiger partial charge on any atom is 0.222 e. The van der Waals surface area contributed by atoms with Crippen LogP contribution in [0, 0.1) is 5.92 Å². The van der Waals surface area contributed by atoms with E-state index in [2.05, 4.69) is 18.8 Å². The Kier molecular flexibility index (Phi) is 4.11. The molecular formula is C16H22N2O2S. The summed E-state index contributed by atoms with van der Waals surface area (Å²) in [6, 6.07) is 3.84. The van der Waals surface area contributed by atoms with Gasteiger partial charge in [0.1, 0.15) is 11.9 Å². The van der Waals surface area contributed by atoms with Gasteiger partial charge >= 0.3 is 0 Å². The van der Waals surface area contributed by atoms with Crippen molar-refractivity contribution >= 4 is 17.7 Å². The van der Waals surface area contributed by atoms with Crippen LogP contribution in [0.15, 0.2) is 24.5 Å². The van der Waals surface area contributed by atoms with Crippen LogP contribution in [-0.2, 0) is 4.79 Å². The fourth-order valence-electron chi connectivity index (χ4n) is 3.01. The Morgan fingerprint density at radius 3 is 3.05 bits per heavy atom. The minimum Gasteiger partial charge on any atom is -0.488 e. The summed E-state index contributed by atoms with van der Waals surface area (Å²) >= 11 is 1.96. The summed E-state index contributed by atoms with van der Waals surface area (Å²) in [5.41, 5.74) is 0. The SMILES string of the molecule is CC(C)CC(=O)N1CC2(C[C@H](Oc3cccnc3)CS2)C1. The molecule has 5 heteroatoms. The maximum atomic E-state index is 12.0. The average Bonchev–Trinajstić information content (AvgIpc) is 2.81. The molecule has 0 saturated carbocycles. The zero-order valence-corrected chi connectivity index (χ0v) is 13.4. The van der Waals surface area contributed by atoms with Gasteiger partial charge < -0.3 is 9.64 Å². The zero-order valence-electron chi connectivity index (χ0n) is 12.6. The highest BCUT2D eigenvalue weighted by atomic mass is 32.2. The molecule has 3 heterocycles. The van der Waals surface area contributed by atoms with E-state index in [0.717, 1.165) is 31.0 Å². The molecule has 0 unspecified atom stereocenters. The Hall–Kier alpha value is -1.23. The van der Waals surface area contributed by atoms with Gasteiger partial charge in [-0.1, -0.05) is 13.8 Å². The number of hydrogen-bond acceptors (Lipinski definition) is 4. The normalized spacial score (nSPS) is 23.4. The van der Waals surface area contributed by atoms with E-state index in [9.17, 15) is 4.79 Å². The molecule has 4 nitrogen and oxygen atoms in total. The van der Waals surface area contributed by atoms with Crippen molar-refractivity contribution in [2.75, 3.05) is 18.8 Å². The molecule has 3 rings (SSSR count). The lowest BCUT2D eigenvalue weighted by Crippen LogP contribution is -2.61. The molecule has 0 N–H and O–H groups in total. The second kappa shape index (κ2) is 5.87. The van der Waals surface area contributed by atoms with Crippen LogP contribution in [0.25, 0.3) is 0 Å². The molecule has 1 aromatic heterocycles. The van der Waals surface area contributed by atoms with Gasteiger partial charge in [0.25, 0.3) is 0 Å². The van der Waals surface area contributed by atoms with Crippen LogP contribution in [-0.4, -0.2) is 45.5 Å². The minimum atomic E-state index is 0.236. The van der Waals surface area contributed by atoms with E-state index in [1.807, 2.05) is 28.8 Å². The van der Waals surface area contributed by atoms with Gasteiger partial charge in [-0.05, 0) is 18.1 Å². The van der Waals surface area contributed by atoms with Crippen LogP contribution in [0.2, 0.25) is 0 Å². The lowest BCUT2D eigenvalue weighted by atomic mass is 9.92. The van der Waals surface area contributed by atoms with E-state index in [1.54, 1.807) is 12.4 Å². The maximum absolute atomic E-state index is 12.0. The quantitative estimate of drug-likeness (QED) is 0.857. The van der Waals surface area contributed by atoms with Gasteiger partial charge in [0.15, 0.2) is 0 Å². The first-order valence-electron chi connectivity index (χ1n) is 7.55. The van der Waals surface area contributed by atoms with Gasteiger partial charge in [0, 0.05) is 37.9 Å². The molecule has 1 spiro atoms. The van der Waals surface area contributed by atoms with Crippen molar-refractivity contribution in [2.45, 2.75) is 37.5 Å². The first kappa shape index (κ1) is 14.7. The lowest BCUT2D eigenvalue weighted by Gasteiger charge is -2.47. The van der Waals surface area contributed by atoms with Gasteiger partial charge in [-0.3, -0.25) is 9.78 Å². The number of aromatic nitrogens is 1. The number of carbonyl (C=O) groups is 1. The van der Waals surface area contributed by atoms with Crippen molar-refractivity contribution in [1.82, 2.24) is 9.88 Å². The van der Waals surface area contributed by atoms with Crippen molar-refractivity contribution in [3.8, 4) is 5.75 Å². The number of thioether (sulfide) groups is 1. The minimum absolute atomic E-state index is 0.236. The summed E-state index contributed by atoms with van der Waals surface area (Å²) in [6.07, 6.45) is 5.44. The summed E-state index contributed by atoms with van der Waals surface area (Å²) in [6.45, 7) is 5.96. The molecule has 2 aliphatic heterocycles. The third-order valence-corrected chi connectivity index (χ3v) is 5.58. The third-order valence-electron chi connectivity index (χ3n) is 4.01. The van der Waals surface area contributed by atoms with E-state index in [4.69, 9.17) is 4.74 Å². The number of amides is 1.